The molecule has 134 valence electrons. The average molecular weight is 426 g/mol. The van der Waals surface area contributed by atoms with E-state index in [1.54, 1.807) is 23.9 Å². The normalized spacial score (nSPS) is 13.6. The first-order valence-electron chi connectivity index (χ1n) is 7.71. The second-order valence-electron chi connectivity index (χ2n) is 5.71. The van der Waals surface area contributed by atoms with Crippen molar-refractivity contribution in [2.45, 2.75) is 16.6 Å². The first-order chi connectivity index (χ1) is 12.4. The molecule has 2 heterocycles. The van der Waals surface area contributed by atoms with E-state index >= 15 is 0 Å². The van der Waals surface area contributed by atoms with E-state index in [0.29, 0.717) is 10.7 Å². The number of benzene rings is 2. The van der Waals surface area contributed by atoms with Crippen LogP contribution in [0.5, 0.6) is 0 Å². The summed E-state index contributed by atoms with van der Waals surface area (Å²) in [6.07, 6.45) is 2.01. The zero-order chi connectivity index (χ0) is 18.3. The Balaban J connectivity index is 1.58. The molecule has 1 aliphatic heterocycles. The molecule has 3 aromatic rings. The third kappa shape index (κ3) is 3.44. The summed E-state index contributed by atoms with van der Waals surface area (Å²) >= 11 is 13.6. The maximum Gasteiger partial charge on any atom is 0.263 e. The van der Waals surface area contributed by atoms with Gasteiger partial charge in [0.15, 0.2) is 5.16 Å². The summed E-state index contributed by atoms with van der Waals surface area (Å²) in [5.74, 6) is 1.05. The monoisotopic (exact) mass is 425 g/mol. The van der Waals surface area contributed by atoms with Crippen molar-refractivity contribution in [3.63, 3.8) is 0 Å². The molecule has 0 spiro atoms. The van der Waals surface area contributed by atoms with Gasteiger partial charge in [-0.05, 0) is 30.3 Å². The lowest BCUT2D eigenvalue weighted by Crippen LogP contribution is -2.13. The standard InChI is InChI=1S/C17H13Cl2N3O2S2/c18-12-3-6-14(19)16(9-12)26(23,24)21-13-4-1-11(2-5-13)15-10-22-7-8-25-17(22)20-15/h1-6,9-10,21H,7-8H2. The van der Waals surface area contributed by atoms with Gasteiger partial charge in [0.1, 0.15) is 4.90 Å². The van der Waals surface area contributed by atoms with Crippen LogP contribution in [0.1, 0.15) is 0 Å². The number of rotatable bonds is 4. The van der Waals surface area contributed by atoms with Gasteiger partial charge in [0.05, 0.1) is 10.7 Å². The smallest absolute Gasteiger partial charge is 0.263 e. The van der Waals surface area contributed by atoms with Crippen LogP contribution in [0.4, 0.5) is 5.69 Å². The van der Waals surface area contributed by atoms with Gasteiger partial charge >= 0.3 is 0 Å². The largest absolute Gasteiger partial charge is 0.325 e. The Labute approximate surface area is 165 Å². The molecule has 0 unspecified atom stereocenters. The SMILES string of the molecule is O=S(=O)(Nc1ccc(-c2cn3c(n2)SCC3)cc1)c1cc(Cl)ccc1Cl. The second kappa shape index (κ2) is 6.81. The molecule has 0 amide bonds. The minimum absolute atomic E-state index is 0.0571. The van der Waals surface area contributed by atoms with E-state index in [9.17, 15) is 8.42 Å². The molecule has 9 heteroatoms. The topological polar surface area (TPSA) is 64.0 Å². The lowest BCUT2D eigenvalue weighted by atomic mass is 10.1. The Morgan fingerprint density at radius 2 is 1.88 bits per heavy atom. The van der Waals surface area contributed by atoms with Crippen LogP contribution in [0.3, 0.4) is 0 Å². The molecule has 0 aliphatic carbocycles. The van der Waals surface area contributed by atoms with E-state index in [2.05, 4.69) is 14.3 Å². The van der Waals surface area contributed by atoms with Crippen molar-refractivity contribution in [2.75, 3.05) is 10.5 Å². The number of nitrogens with zero attached hydrogens (tertiary/aromatic N) is 2. The molecule has 26 heavy (non-hydrogen) atoms. The van der Waals surface area contributed by atoms with E-state index < -0.39 is 10.0 Å². The van der Waals surface area contributed by atoms with Gasteiger partial charge in [0.2, 0.25) is 0 Å². The first-order valence-corrected chi connectivity index (χ1v) is 10.9. The molecule has 5 nitrogen and oxygen atoms in total. The molecule has 1 aromatic heterocycles. The number of halogens is 2. The van der Waals surface area contributed by atoms with Gasteiger partial charge in [0.25, 0.3) is 10.0 Å². The number of aromatic nitrogens is 2. The fourth-order valence-electron chi connectivity index (χ4n) is 2.65. The van der Waals surface area contributed by atoms with Crippen molar-refractivity contribution < 1.29 is 8.42 Å². The maximum atomic E-state index is 12.6. The maximum absolute atomic E-state index is 12.6. The predicted octanol–water partition coefficient (Wildman–Crippen LogP) is 4.76. The Bertz CT molecular complexity index is 1060. The second-order valence-corrected chi connectivity index (χ2v) is 9.26. The van der Waals surface area contributed by atoms with E-state index in [4.69, 9.17) is 23.2 Å². The van der Waals surface area contributed by atoms with Crippen LogP contribution >= 0.6 is 35.0 Å². The van der Waals surface area contributed by atoms with Gasteiger partial charge in [-0.1, -0.05) is 47.1 Å². The highest BCUT2D eigenvalue weighted by atomic mass is 35.5. The van der Waals surface area contributed by atoms with E-state index in [1.165, 1.54) is 18.2 Å². The van der Waals surface area contributed by atoms with Crippen LogP contribution in [0.2, 0.25) is 10.0 Å². The third-order valence-electron chi connectivity index (χ3n) is 3.92. The number of hydrogen-bond donors (Lipinski definition) is 1. The summed E-state index contributed by atoms with van der Waals surface area (Å²) in [7, 11) is -3.83. The van der Waals surface area contributed by atoms with Crippen molar-refractivity contribution in [3.05, 3.63) is 58.7 Å². The molecule has 0 saturated carbocycles. The number of thioether (sulfide) groups is 1. The highest BCUT2D eigenvalue weighted by molar-refractivity contribution is 7.99. The first kappa shape index (κ1) is 17.7. The van der Waals surface area contributed by atoms with Gasteiger partial charge < -0.3 is 4.57 Å². The van der Waals surface area contributed by atoms with Crippen molar-refractivity contribution in [1.82, 2.24) is 9.55 Å². The van der Waals surface area contributed by atoms with Crippen LogP contribution in [0, 0.1) is 0 Å². The van der Waals surface area contributed by atoms with E-state index in [1.807, 2.05) is 18.3 Å². The van der Waals surface area contributed by atoms with E-state index in [0.717, 1.165) is 28.7 Å². The summed E-state index contributed by atoms with van der Waals surface area (Å²) in [4.78, 5) is 4.53. The Morgan fingerprint density at radius 1 is 1.12 bits per heavy atom. The molecule has 0 radical (unpaired) electrons. The average Bonchev–Trinajstić information content (AvgIpc) is 3.19. The number of hydrogen-bond acceptors (Lipinski definition) is 4. The van der Waals surface area contributed by atoms with Gasteiger partial charge in [0, 0.05) is 34.8 Å². The number of sulfonamides is 1. The Hall–Kier alpha value is -1.67. The predicted molar refractivity (Wildman–Crippen MR) is 106 cm³/mol. The van der Waals surface area contributed by atoms with Crippen LogP contribution in [0.25, 0.3) is 11.3 Å². The van der Waals surface area contributed by atoms with Crippen LogP contribution < -0.4 is 4.72 Å². The minimum Gasteiger partial charge on any atom is -0.325 e. The lowest BCUT2D eigenvalue weighted by molar-refractivity contribution is 0.601. The Morgan fingerprint density at radius 3 is 2.62 bits per heavy atom. The summed E-state index contributed by atoms with van der Waals surface area (Å²) in [5, 5.41) is 1.43. The number of aryl methyl sites for hydroxylation is 1. The molecule has 0 atom stereocenters. The summed E-state index contributed by atoms with van der Waals surface area (Å²) < 4.78 is 29.7. The molecule has 1 N–H and O–H groups in total. The van der Waals surface area contributed by atoms with Gasteiger partial charge in [-0.15, -0.1) is 0 Å². The Kier molecular flexibility index (Phi) is 4.64. The fraction of sp³-hybridized carbons (Fsp3) is 0.118. The number of nitrogens with one attached hydrogen (secondary N) is 1. The number of anilines is 1. The molecule has 0 fully saturated rings. The molecular formula is C17H13Cl2N3O2S2. The van der Waals surface area contributed by atoms with Crippen LogP contribution in [-0.4, -0.2) is 23.7 Å². The van der Waals surface area contributed by atoms with Crippen LogP contribution in [0.15, 0.2) is 58.7 Å². The fourth-order valence-corrected chi connectivity index (χ4v) is 5.42. The molecule has 0 bridgehead atoms. The van der Waals surface area contributed by atoms with Crippen molar-refractivity contribution >= 4 is 50.7 Å². The van der Waals surface area contributed by atoms with Crippen molar-refractivity contribution in [3.8, 4) is 11.3 Å². The van der Waals surface area contributed by atoms with Crippen molar-refractivity contribution in [2.24, 2.45) is 0 Å². The lowest BCUT2D eigenvalue weighted by Gasteiger charge is -2.10. The number of imidazole rings is 1. The third-order valence-corrected chi connectivity index (χ3v) is 6.99. The van der Waals surface area contributed by atoms with Crippen molar-refractivity contribution in [1.29, 1.82) is 0 Å². The highest BCUT2D eigenvalue weighted by Gasteiger charge is 2.19. The van der Waals surface area contributed by atoms with Crippen LogP contribution in [-0.2, 0) is 16.6 Å². The zero-order valence-electron chi connectivity index (χ0n) is 13.3. The minimum atomic E-state index is -3.83. The van der Waals surface area contributed by atoms with Gasteiger partial charge in [-0.3, -0.25) is 4.72 Å². The molecule has 2 aromatic carbocycles. The van der Waals surface area contributed by atoms with E-state index in [-0.39, 0.29) is 9.92 Å². The molecular weight excluding hydrogens is 413 g/mol. The number of fused-ring (bicyclic) bond motifs is 1. The summed E-state index contributed by atoms with van der Waals surface area (Å²) in [5.41, 5.74) is 2.24. The molecule has 4 rings (SSSR count). The highest BCUT2D eigenvalue weighted by Crippen LogP contribution is 2.30. The zero-order valence-corrected chi connectivity index (χ0v) is 16.5. The summed E-state index contributed by atoms with van der Waals surface area (Å²) in [6, 6.07) is 11.4. The van der Waals surface area contributed by atoms with Gasteiger partial charge in [-0.25, -0.2) is 13.4 Å². The summed E-state index contributed by atoms with van der Waals surface area (Å²) in [6.45, 7) is 0.964. The quantitative estimate of drug-likeness (QED) is 0.653. The van der Waals surface area contributed by atoms with Gasteiger partial charge in [-0.2, -0.15) is 0 Å². The molecule has 0 saturated heterocycles. The molecule has 1 aliphatic rings.